The smallest absolute Gasteiger partial charge is 0.191 e. The maximum absolute atomic E-state index is 14.1. The molecule has 0 radical (unpaired) electrons. The van der Waals surface area contributed by atoms with E-state index in [2.05, 4.69) is 10.2 Å². The number of nitrogens with zero attached hydrogens (tertiary/aromatic N) is 3. The third-order valence-electron chi connectivity index (χ3n) is 4.64. The molecule has 0 saturated carbocycles. The number of aromatic nitrogens is 3. The lowest BCUT2D eigenvalue weighted by Gasteiger charge is -2.15. The quantitative estimate of drug-likeness (QED) is 0.503. The van der Waals surface area contributed by atoms with Gasteiger partial charge in [0.15, 0.2) is 11.0 Å². The van der Waals surface area contributed by atoms with Crippen LogP contribution in [0, 0.1) is 11.6 Å². The number of ether oxygens (including phenoxy) is 1. The normalized spacial score (nSPS) is 16.6. The molecule has 0 N–H and O–H groups in total. The molecule has 2 heterocycles. The Labute approximate surface area is 170 Å². The number of hydrogen-bond donors (Lipinski definition) is 0. The molecule has 8 heteroatoms. The SMILES string of the molecule is Fc1ccc(-c2nnc(SCc3c(F)cccc3Cl)n2C[C@@H]2CCCO2)cc1. The molecule has 28 heavy (non-hydrogen) atoms. The van der Waals surface area contributed by atoms with Crippen LogP contribution in [-0.4, -0.2) is 27.5 Å². The van der Waals surface area contributed by atoms with Crippen molar-refractivity contribution in [3.63, 3.8) is 0 Å². The van der Waals surface area contributed by atoms with Gasteiger partial charge in [-0.25, -0.2) is 8.78 Å². The van der Waals surface area contributed by atoms with Gasteiger partial charge in [0, 0.05) is 28.5 Å². The summed E-state index contributed by atoms with van der Waals surface area (Å²) in [7, 11) is 0. The van der Waals surface area contributed by atoms with Gasteiger partial charge >= 0.3 is 0 Å². The molecule has 1 aromatic heterocycles. The summed E-state index contributed by atoms with van der Waals surface area (Å²) >= 11 is 7.50. The number of thioether (sulfide) groups is 1. The number of hydrogen-bond acceptors (Lipinski definition) is 4. The second-order valence-electron chi connectivity index (χ2n) is 6.55. The third kappa shape index (κ3) is 4.21. The van der Waals surface area contributed by atoms with E-state index in [1.807, 2.05) is 4.57 Å². The van der Waals surface area contributed by atoms with Gasteiger partial charge in [-0.2, -0.15) is 0 Å². The van der Waals surface area contributed by atoms with Crippen LogP contribution in [0.15, 0.2) is 47.6 Å². The molecular formula is C20H18ClF2N3OS. The number of halogens is 3. The molecule has 2 aromatic carbocycles. The van der Waals surface area contributed by atoms with Crippen molar-refractivity contribution in [2.45, 2.75) is 36.4 Å². The lowest BCUT2D eigenvalue weighted by Crippen LogP contribution is -2.16. The van der Waals surface area contributed by atoms with Crippen molar-refractivity contribution in [3.05, 3.63) is 64.7 Å². The summed E-state index contributed by atoms with van der Waals surface area (Å²) in [4.78, 5) is 0. The van der Waals surface area contributed by atoms with Gasteiger partial charge in [0.2, 0.25) is 0 Å². The molecule has 146 valence electrons. The van der Waals surface area contributed by atoms with Crippen molar-refractivity contribution in [2.24, 2.45) is 0 Å². The molecule has 1 aliphatic rings. The first-order valence-corrected chi connectivity index (χ1v) is 10.3. The summed E-state index contributed by atoms with van der Waals surface area (Å²) in [5.74, 6) is 0.317. The molecule has 1 atom stereocenters. The van der Waals surface area contributed by atoms with Gasteiger partial charge in [-0.05, 0) is 49.2 Å². The monoisotopic (exact) mass is 421 g/mol. The molecule has 4 rings (SSSR count). The van der Waals surface area contributed by atoms with E-state index in [1.165, 1.54) is 30.0 Å². The van der Waals surface area contributed by atoms with Crippen molar-refractivity contribution >= 4 is 23.4 Å². The topological polar surface area (TPSA) is 39.9 Å². The second-order valence-corrected chi connectivity index (χ2v) is 7.90. The lowest BCUT2D eigenvalue weighted by atomic mass is 10.2. The number of benzene rings is 2. The van der Waals surface area contributed by atoms with Crippen molar-refractivity contribution in [3.8, 4) is 11.4 Å². The van der Waals surface area contributed by atoms with Gasteiger partial charge in [-0.3, -0.25) is 4.57 Å². The summed E-state index contributed by atoms with van der Waals surface area (Å²) in [6, 6.07) is 10.8. The minimum Gasteiger partial charge on any atom is -0.376 e. The second kappa shape index (κ2) is 8.59. The summed E-state index contributed by atoms with van der Waals surface area (Å²) in [6.07, 6.45) is 2.06. The third-order valence-corrected chi connectivity index (χ3v) is 5.98. The van der Waals surface area contributed by atoms with E-state index in [0.717, 1.165) is 25.0 Å². The van der Waals surface area contributed by atoms with E-state index in [1.54, 1.807) is 24.3 Å². The van der Waals surface area contributed by atoms with Crippen LogP contribution in [0.2, 0.25) is 5.02 Å². The minimum atomic E-state index is -0.344. The van der Waals surface area contributed by atoms with Crippen LogP contribution in [0.3, 0.4) is 0 Å². The van der Waals surface area contributed by atoms with Crippen molar-refractivity contribution in [1.82, 2.24) is 14.8 Å². The Morgan fingerprint density at radius 2 is 1.96 bits per heavy atom. The highest BCUT2D eigenvalue weighted by Crippen LogP contribution is 2.31. The van der Waals surface area contributed by atoms with E-state index >= 15 is 0 Å². The Hall–Kier alpha value is -1.96. The fraction of sp³-hybridized carbons (Fsp3) is 0.300. The highest BCUT2D eigenvalue weighted by molar-refractivity contribution is 7.98. The van der Waals surface area contributed by atoms with Gasteiger partial charge in [0.25, 0.3) is 0 Å². The van der Waals surface area contributed by atoms with Crippen LogP contribution in [-0.2, 0) is 17.0 Å². The zero-order valence-electron chi connectivity index (χ0n) is 14.9. The van der Waals surface area contributed by atoms with Crippen LogP contribution >= 0.6 is 23.4 Å². The van der Waals surface area contributed by atoms with E-state index in [0.29, 0.717) is 33.9 Å². The molecular weight excluding hydrogens is 404 g/mol. The fourth-order valence-corrected chi connectivity index (χ4v) is 4.46. The Balaban J connectivity index is 1.63. The zero-order chi connectivity index (χ0) is 19.5. The molecule has 0 aliphatic carbocycles. The van der Waals surface area contributed by atoms with Crippen LogP contribution in [0.1, 0.15) is 18.4 Å². The van der Waals surface area contributed by atoms with Crippen molar-refractivity contribution < 1.29 is 13.5 Å². The van der Waals surface area contributed by atoms with E-state index < -0.39 is 0 Å². The lowest BCUT2D eigenvalue weighted by molar-refractivity contribution is 0.0953. The van der Waals surface area contributed by atoms with Crippen LogP contribution in [0.5, 0.6) is 0 Å². The molecule has 0 spiro atoms. The van der Waals surface area contributed by atoms with E-state index in [9.17, 15) is 8.78 Å². The van der Waals surface area contributed by atoms with Gasteiger partial charge in [-0.1, -0.05) is 29.4 Å². The van der Waals surface area contributed by atoms with Gasteiger partial charge in [0.05, 0.1) is 12.6 Å². The molecule has 1 fully saturated rings. The summed E-state index contributed by atoms with van der Waals surface area (Å²) < 4.78 is 35.1. The van der Waals surface area contributed by atoms with Crippen molar-refractivity contribution in [1.29, 1.82) is 0 Å². The molecule has 3 aromatic rings. The van der Waals surface area contributed by atoms with Crippen LogP contribution in [0.4, 0.5) is 8.78 Å². The van der Waals surface area contributed by atoms with Gasteiger partial charge in [0.1, 0.15) is 11.6 Å². The van der Waals surface area contributed by atoms with E-state index in [-0.39, 0.29) is 17.7 Å². The number of rotatable bonds is 6. The first-order chi connectivity index (χ1) is 13.6. The standard InChI is InChI=1S/C20H18ClF2N3OS/c21-17-4-1-5-18(23)16(17)12-28-20-25-24-19(13-6-8-14(22)9-7-13)26(20)11-15-3-2-10-27-15/h1,4-9,15H,2-3,10-12H2/t15-/m0/s1. The molecule has 4 nitrogen and oxygen atoms in total. The van der Waals surface area contributed by atoms with E-state index in [4.69, 9.17) is 16.3 Å². The van der Waals surface area contributed by atoms with Gasteiger partial charge in [-0.15, -0.1) is 10.2 Å². The summed E-state index contributed by atoms with van der Waals surface area (Å²) in [6.45, 7) is 1.33. The first kappa shape index (κ1) is 19.4. The largest absolute Gasteiger partial charge is 0.376 e. The molecule has 0 unspecified atom stereocenters. The molecule has 1 aliphatic heterocycles. The molecule has 1 saturated heterocycles. The Kier molecular flexibility index (Phi) is 5.94. The summed E-state index contributed by atoms with van der Waals surface area (Å²) in [5.41, 5.74) is 1.20. The maximum atomic E-state index is 14.1. The first-order valence-electron chi connectivity index (χ1n) is 8.98. The highest BCUT2D eigenvalue weighted by Gasteiger charge is 2.22. The predicted octanol–water partition coefficient (Wildman–Crippen LogP) is 5.35. The Bertz CT molecular complexity index is 938. The van der Waals surface area contributed by atoms with Gasteiger partial charge < -0.3 is 4.74 Å². The fourth-order valence-electron chi connectivity index (χ4n) is 3.17. The highest BCUT2D eigenvalue weighted by atomic mass is 35.5. The Morgan fingerprint density at radius 1 is 1.14 bits per heavy atom. The summed E-state index contributed by atoms with van der Waals surface area (Å²) in [5, 5.41) is 9.63. The minimum absolute atomic E-state index is 0.0756. The van der Waals surface area contributed by atoms with Crippen LogP contribution < -0.4 is 0 Å². The average Bonchev–Trinajstić information content (AvgIpc) is 3.33. The molecule has 0 bridgehead atoms. The predicted molar refractivity (Wildman–Crippen MR) is 105 cm³/mol. The Morgan fingerprint density at radius 3 is 2.68 bits per heavy atom. The average molecular weight is 422 g/mol. The zero-order valence-corrected chi connectivity index (χ0v) is 16.5. The van der Waals surface area contributed by atoms with Crippen molar-refractivity contribution in [2.75, 3.05) is 6.61 Å². The van der Waals surface area contributed by atoms with Crippen LogP contribution in [0.25, 0.3) is 11.4 Å². The maximum Gasteiger partial charge on any atom is 0.191 e. The molecule has 0 amide bonds.